The van der Waals surface area contributed by atoms with E-state index in [1.807, 2.05) is 38.1 Å². The van der Waals surface area contributed by atoms with E-state index < -0.39 is 21.8 Å². The Morgan fingerprint density at radius 1 is 0.906 bits per heavy atom. The Kier molecular flexibility index (Phi) is 8.04. The molecular weight excluding hydrogens is 426 g/mol. The molecular formula is C24H31N3O4S. The van der Waals surface area contributed by atoms with Crippen molar-refractivity contribution in [1.29, 1.82) is 0 Å². The summed E-state index contributed by atoms with van der Waals surface area (Å²) in [6, 6.07) is 14.4. The second-order valence-corrected chi connectivity index (χ2v) is 10.2. The molecule has 1 fully saturated rings. The highest BCUT2D eigenvalue weighted by molar-refractivity contribution is 7.89. The third-order valence-corrected chi connectivity index (χ3v) is 7.71. The monoisotopic (exact) mass is 457 g/mol. The molecule has 2 amide bonds. The van der Waals surface area contributed by atoms with Gasteiger partial charge in [-0.25, -0.2) is 8.42 Å². The topological polar surface area (TPSA) is 95.6 Å². The number of carbonyl (C=O) groups excluding carboxylic acids is 2. The van der Waals surface area contributed by atoms with Crippen molar-refractivity contribution in [3.05, 3.63) is 65.2 Å². The quantitative estimate of drug-likeness (QED) is 0.625. The number of rotatable bonds is 7. The lowest BCUT2D eigenvalue weighted by molar-refractivity contribution is -0.139. The SMILES string of the molecule is Cc1ccc(CNC(=O)C(=O)NCC[C@H]2CCCCN2S(=O)(=O)c2ccc(C)cc2)cc1. The van der Waals surface area contributed by atoms with Gasteiger partial charge >= 0.3 is 11.8 Å². The van der Waals surface area contributed by atoms with Crippen LogP contribution in [0.2, 0.25) is 0 Å². The van der Waals surface area contributed by atoms with Gasteiger partial charge in [-0.1, -0.05) is 53.9 Å². The molecule has 0 unspecified atom stereocenters. The Balaban J connectivity index is 1.51. The van der Waals surface area contributed by atoms with Gasteiger partial charge in [0.15, 0.2) is 0 Å². The molecule has 0 saturated carbocycles. The third kappa shape index (κ3) is 6.17. The minimum absolute atomic E-state index is 0.203. The number of benzene rings is 2. The standard InChI is InChI=1S/C24H31N3O4S/c1-18-6-10-20(11-7-18)17-26-24(29)23(28)25-15-14-21-5-3-4-16-27(21)32(30,31)22-12-8-19(2)9-13-22/h6-13,21H,3-5,14-17H2,1-2H3,(H,25,28)(H,26,29)/t21-/m1/s1. The molecule has 3 rings (SSSR count). The van der Waals surface area contributed by atoms with Crippen molar-refractivity contribution in [3.63, 3.8) is 0 Å². The number of amides is 2. The van der Waals surface area contributed by atoms with Gasteiger partial charge in [0.2, 0.25) is 10.0 Å². The molecule has 1 atom stereocenters. The van der Waals surface area contributed by atoms with Gasteiger partial charge in [0.05, 0.1) is 4.90 Å². The van der Waals surface area contributed by atoms with Crippen molar-refractivity contribution in [2.45, 2.75) is 57.0 Å². The molecule has 1 heterocycles. The molecule has 2 aromatic carbocycles. The molecule has 1 aliphatic heterocycles. The second kappa shape index (κ2) is 10.7. The predicted molar refractivity (Wildman–Crippen MR) is 123 cm³/mol. The normalized spacial score (nSPS) is 17.0. The summed E-state index contributed by atoms with van der Waals surface area (Å²) in [6.45, 7) is 4.87. The summed E-state index contributed by atoms with van der Waals surface area (Å²) < 4.78 is 27.8. The van der Waals surface area contributed by atoms with Crippen molar-refractivity contribution in [3.8, 4) is 0 Å². The molecule has 0 aromatic heterocycles. The molecule has 32 heavy (non-hydrogen) atoms. The molecule has 0 radical (unpaired) electrons. The average Bonchev–Trinajstić information content (AvgIpc) is 2.79. The number of aryl methyl sites for hydroxylation is 2. The van der Waals surface area contributed by atoms with Gasteiger partial charge in [-0.3, -0.25) is 9.59 Å². The van der Waals surface area contributed by atoms with E-state index in [0.717, 1.165) is 36.0 Å². The summed E-state index contributed by atoms with van der Waals surface area (Å²) in [6.07, 6.45) is 2.95. The zero-order valence-electron chi connectivity index (χ0n) is 18.6. The fourth-order valence-corrected chi connectivity index (χ4v) is 5.55. The predicted octanol–water partition coefficient (Wildman–Crippen LogP) is 2.67. The molecule has 7 nitrogen and oxygen atoms in total. The highest BCUT2D eigenvalue weighted by Crippen LogP contribution is 2.27. The second-order valence-electron chi connectivity index (χ2n) is 8.29. The largest absolute Gasteiger partial charge is 0.348 e. The first-order chi connectivity index (χ1) is 15.3. The van der Waals surface area contributed by atoms with E-state index in [1.165, 1.54) is 0 Å². The Morgan fingerprint density at radius 2 is 1.50 bits per heavy atom. The van der Waals surface area contributed by atoms with Crippen molar-refractivity contribution >= 4 is 21.8 Å². The number of carbonyl (C=O) groups is 2. The lowest BCUT2D eigenvalue weighted by Gasteiger charge is -2.34. The minimum Gasteiger partial charge on any atom is -0.348 e. The maximum Gasteiger partial charge on any atom is 0.309 e. The van der Waals surface area contributed by atoms with Crippen LogP contribution in [0.3, 0.4) is 0 Å². The van der Waals surface area contributed by atoms with Crippen LogP contribution in [0.25, 0.3) is 0 Å². The van der Waals surface area contributed by atoms with Gasteiger partial charge in [-0.05, 0) is 50.8 Å². The van der Waals surface area contributed by atoms with E-state index >= 15 is 0 Å². The third-order valence-electron chi connectivity index (χ3n) is 5.74. The summed E-state index contributed by atoms with van der Waals surface area (Å²) in [5.41, 5.74) is 3.04. The molecule has 0 bridgehead atoms. The summed E-state index contributed by atoms with van der Waals surface area (Å²) in [7, 11) is -3.60. The maximum atomic E-state index is 13.1. The summed E-state index contributed by atoms with van der Waals surface area (Å²) in [5, 5.41) is 5.23. The van der Waals surface area contributed by atoms with E-state index in [2.05, 4.69) is 10.6 Å². The van der Waals surface area contributed by atoms with Gasteiger partial charge in [-0.2, -0.15) is 4.31 Å². The first-order valence-electron chi connectivity index (χ1n) is 11.0. The summed E-state index contributed by atoms with van der Waals surface area (Å²) in [4.78, 5) is 24.5. The number of nitrogens with zero attached hydrogens (tertiary/aromatic N) is 1. The first-order valence-corrected chi connectivity index (χ1v) is 12.4. The Bertz CT molecular complexity index is 1030. The maximum absolute atomic E-state index is 13.1. The Hall–Kier alpha value is -2.71. The molecule has 1 aliphatic rings. The van der Waals surface area contributed by atoms with Crippen molar-refractivity contribution in [1.82, 2.24) is 14.9 Å². The number of hydrogen-bond donors (Lipinski definition) is 2. The van der Waals surface area contributed by atoms with Crippen LogP contribution in [0.4, 0.5) is 0 Å². The van der Waals surface area contributed by atoms with Crippen molar-refractivity contribution in [2.24, 2.45) is 0 Å². The molecule has 0 spiro atoms. The van der Waals surface area contributed by atoms with Gasteiger partial charge < -0.3 is 10.6 Å². The lowest BCUT2D eigenvalue weighted by atomic mass is 10.0. The van der Waals surface area contributed by atoms with Crippen LogP contribution < -0.4 is 10.6 Å². The Morgan fingerprint density at radius 3 is 2.16 bits per heavy atom. The van der Waals surface area contributed by atoms with E-state index in [1.54, 1.807) is 28.6 Å². The van der Waals surface area contributed by atoms with Gasteiger partial charge in [0, 0.05) is 25.7 Å². The molecule has 2 N–H and O–H groups in total. The van der Waals surface area contributed by atoms with E-state index in [-0.39, 0.29) is 24.0 Å². The lowest BCUT2D eigenvalue weighted by Crippen LogP contribution is -2.46. The van der Waals surface area contributed by atoms with Crippen LogP contribution in [0, 0.1) is 13.8 Å². The molecule has 2 aromatic rings. The molecule has 172 valence electrons. The van der Waals surface area contributed by atoms with E-state index in [4.69, 9.17) is 0 Å². The number of nitrogens with one attached hydrogen (secondary N) is 2. The smallest absolute Gasteiger partial charge is 0.309 e. The molecule has 8 heteroatoms. The highest BCUT2D eigenvalue weighted by atomic mass is 32.2. The number of piperidine rings is 1. The molecule has 1 saturated heterocycles. The zero-order chi connectivity index (χ0) is 23.1. The van der Waals surface area contributed by atoms with Gasteiger partial charge in [0.25, 0.3) is 0 Å². The summed E-state index contributed by atoms with van der Waals surface area (Å²) >= 11 is 0. The van der Waals surface area contributed by atoms with Gasteiger partial charge in [-0.15, -0.1) is 0 Å². The first kappa shape index (κ1) is 23.9. The summed E-state index contributed by atoms with van der Waals surface area (Å²) in [5.74, 6) is -1.40. The van der Waals surface area contributed by atoms with Crippen LogP contribution in [0.5, 0.6) is 0 Å². The molecule has 0 aliphatic carbocycles. The van der Waals surface area contributed by atoms with Crippen LogP contribution >= 0.6 is 0 Å². The Labute approximate surface area is 190 Å². The van der Waals surface area contributed by atoms with Crippen LogP contribution in [-0.4, -0.2) is 43.7 Å². The highest BCUT2D eigenvalue weighted by Gasteiger charge is 2.33. The van der Waals surface area contributed by atoms with Crippen molar-refractivity contribution in [2.75, 3.05) is 13.1 Å². The number of sulfonamides is 1. The van der Waals surface area contributed by atoms with E-state index in [0.29, 0.717) is 13.0 Å². The fourth-order valence-electron chi connectivity index (χ4n) is 3.83. The van der Waals surface area contributed by atoms with Crippen molar-refractivity contribution < 1.29 is 18.0 Å². The van der Waals surface area contributed by atoms with E-state index in [9.17, 15) is 18.0 Å². The van der Waals surface area contributed by atoms with Crippen LogP contribution in [-0.2, 0) is 26.2 Å². The van der Waals surface area contributed by atoms with Gasteiger partial charge in [0.1, 0.15) is 0 Å². The number of hydrogen-bond acceptors (Lipinski definition) is 4. The zero-order valence-corrected chi connectivity index (χ0v) is 19.5. The minimum atomic E-state index is -3.60. The van der Waals surface area contributed by atoms with Crippen LogP contribution in [0.1, 0.15) is 42.4 Å². The van der Waals surface area contributed by atoms with Crippen LogP contribution in [0.15, 0.2) is 53.4 Å². The average molecular weight is 458 g/mol. The fraction of sp³-hybridized carbons (Fsp3) is 0.417.